The highest BCUT2D eigenvalue weighted by atomic mass is 35.5. The Morgan fingerprint density at radius 1 is 1.53 bits per heavy atom. The van der Waals surface area contributed by atoms with Gasteiger partial charge in [0.15, 0.2) is 0 Å². The summed E-state index contributed by atoms with van der Waals surface area (Å²) < 4.78 is 1.64. The molecule has 86 valence electrons. The molecular weight excluding hydrogens is 239 g/mol. The van der Waals surface area contributed by atoms with E-state index in [1.54, 1.807) is 16.8 Å². The van der Waals surface area contributed by atoms with E-state index in [1.807, 2.05) is 0 Å². The van der Waals surface area contributed by atoms with E-state index >= 15 is 0 Å². The van der Waals surface area contributed by atoms with Crippen molar-refractivity contribution in [1.29, 1.82) is 0 Å². The van der Waals surface area contributed by atoms with Gasteiger partial charge in [0, 0.05) is 12.7 Å². The Bertz CT molecular complexity index is 362. The number of hydrogen-bond acceptors (Lipinski definition) is 4. The number of aromatic nitrogens is 2. The monoisotopic (exact) mass is 252 g/mol. The molecule has 5 nitrogen and oxygen atoms in total. The van der Waals surface area contributed by atoms with Crippen LogP contribution in [0.3, 0.4) is 0 Å². The number of nitrogens with one attached hydrogen (secondary N) is 1. The Labute approximate surface area is 99.9 Å². The van der Waals surface area contributed by atoms with Crippen molar-refractivity contribution in [3.05, 3.63) is 22.7 Å². The molecule has 0 saturated carbocycles. The number of nitrogens with two attached hydrogens (primary N) is 1. The average Bonchev–Trinajstić information content (AvgIpc) is 2.56. The summed E-state index contributed by atoms with van der Waals surface area (Å²) in [5.41, 5.74) is 5.13. The first-order chi connectivity index (χ1) is 6.27. The van der Waals surface area contributed by atoms with Crippen LogP contribution in [0.4, 0.5) is 5.82 Å². The fourth-order valence-electron chi connectivity index (χ4n) is 1.58. The number of rotatable bonds is 1. The topological polar surface area (TPSA) is 72.9 Å². The van der Waals surface area contributed by atoms with Gasteiger partial charge in [0.1, 0.15) is 5.82 Å². The molecule has 0 aromatic carbocycles. The summed E-state index contributed by atoms with van der Waals surface area (Å²) in [6, 6.07) is 1.89. The van der Waals surface area contributed by atoms with Crippen LogP contribution in [0.1, 0.15) is 12.5 Å². The third-order valence-electron chi connectivity index (χ3n) is 2.28. The lowest BCUT2D eigenvalue weighted by Crippen LogP contribution is -2.28. The van der Waals surface area contributed by atoms with Crippen LogP contribution >= 0.6 is 24.8 Å². The Balaban J connectivity index is 0.000000980. The molecule has 1 atom stereocenters. The van der Waals surface area contributed by atoms with Gasteiger partial charge in [-0.3, -0.25) is 4.57 Å². The number of halogens is 2. The number of nitrogens with zero attached hydrogens (tertiary/aromatic N) is 2. The Hall–Kier alpha value is -0.780. The second-order valence-corrected chi connectivity index (χ2v) is 3.19. The summed E-state index contributed by atoms with van der Waals surface area (Å²) in [7, 11) is 0. The first kappa shape index (κ1) is 14.2. The number of hydrogen-bond donors (Lipinski definition) is 2. The third-order valence-corrected chi connectivity index (χ3v) is 2.28. The summed E-state index contributed by atoms with van der Waals surface area (Å²) in [4.78, 5) is 15.0. The summed E-state index contributed by atoms with van der Waals surface area (Å²) >= 11 is 0. The van der Waals surface area contributed by atoms with Crippen molar-refractivity contribution >= 4 is 30.6 Å². The molecule has 1 aliphatic rings. The van der Waals surface area contributed by atoms with Gasteiger partial charge in [-0.25, -0.2) is 4.79 Å². The molecule has 2 heterocycles. The molecule has 0 bridgehead atoms. The van der Waals surface area contributed by atoms with Gasteiger partial charge in [0.05, 0.1) is 6.04 Å². The lowest BCUT2D eigenvalue weighted by Gasteiger charge is -2.10. The van der Waals surface area contributed by atoms with Gasteiger partial charge in [-0.05, 0) is 19.0 Å². The highest BCUT2D eigenvalue weighted by Crippen LogP contribution is 2.11. The first-order valence-electron chi connectivity index (χ1n) is 4.33. The van der Waals surface area contributed by atoms with Crippen LogP contribution in [0, 0.1) is 0 Å². The molecule has 1 fully saturated rings. The maximum Gasteiger partial charge on any atom is 0.349 e. The molecule has 3 N–H and O–H groups in total. The van der Waals surface area contributed by atoms with Gasteiger partial charge in [-0.2, -0.15) is 4.98 Å². The van der Waals surface area contributed by atoms with Crippen molar-refractivity contribution in [2.24, 2.45) is 0 Å². The van der Waals surface area contributed by atoms with Gasteiger partial charge < -0.3 is 11.1 Å². The smallest absolute Gasteiger partial charge is 0.349 e. The van der Waals surface area contributed by atoms with Crippen molar-refractivity contribution in [3.8, 4) is 0 Å². The van der Waals surface area contributed by atoms with E-state index in [-0.39, 0.29) is 42.4 Å². The average molecular weight is 253 g/mol. The predicted molar refractivity (Wildman–Crippen MR) is 63.9 cm³/mol. The largest absolute Gasteiger partial charge is 0.383 e. The lowest BCUT2D eigenvalue weighted by atomic mass is 10.2. The molecule has 0 aliphatic carbocycles. The fourth-order valence-corrected chi connectivity index (χ4v) is 1.58. The van der Waals surface area contributed by atoms with Crippen LogP contribution in [0.5, 0.6) is 0 Å². The maximum atomic E-state index is 11.4. The summed E-state index contributed by atoms with van der Waals surface area (Å²) in [5, 5.41) is 3.19. The Morgan fingerprint density at radius 3 is 2.80 bits per heavy atom. The molecule has 7 heteroatoms. The van der Waals surface area contributed by atoms with Crippen molar-refractivity contribution in [1.82, 2.24) is 14.9 Å². The molecule has 0 amide bonds. The minimum atomic E-state index is -0.256. The molecule has 1 aromatic heterocycles. The van der Waals surface area contributed by atoms with Crippen LogP contribution in [0.2, 0.25) is 0 Å². The standard InChI is InChI=1S/C8H12N4O.2ClH/c9-7-2-4-12(8(13)11-7)6-1-3-10-5-6;;/h2,4,6,10H,1,3,5H2,(H2,9,11,13);2*1H. The number of nitrogen functional groups attached to an aromatic ring is 1. The van der Waals surface area contributed by atoms with Crippen molar-refractivity contribution < 1.29 is 0 Å². The van der Waals surface area contributed by atoms with Crippen LogP contribution in [-0.2, 0) is 0 Å². The summed E-state index contributed by atoms with van der Waals surface area (Å²) in [6.07, 6.45) is 2.69. The molecule has 1 aromatic rings. The van der Waals surface area contributed by atoms with Crippen molar-refractivity contribution in [2.75, 3.05) is 18.8 Å². The predicted octanol–water partition coefficient (Wildman–Crippen LogP) is 0.203. The minimum absolute atomic E-state index is 0. The molecule has 0 radical (unpaired) electrons. The second-order valence-electron chi connectivity index (χ2n) is 3.19. The van der Waals surface area contributed by atoms with Gasteiger partial charge >= 0.3 is 5.69 Å². The first-order valence-corrected chi connectivity index (χ1v) is 4.33. The fraction of sp³-hybridized carbons (Fsp3) is 0.500. The van der Waals surface area contributed by atoms with Gasteiger partial charge in [0.2, 0.25) is 0 Å². The van der Waals surface area contributed by atoms with Crippen molar-refractivity contribution in [3.63, 3.8) is 0 Å². The van der Waals surface area contributed by atoms with Crippen LogP contribution in [0.15, 0.2) is 17.1 Å². The Morgan fingerprint density at radius 2 is 2.27 bits per heavy atom. The van der Waals surface area contributed by atoms with Gasteiger partial charge in [-0.1, -0.05) is 0 Å². The van der Waals surface area contributed by atoms with Crippen LogP contribution in [0.25, 0.3) is 0 Å². The molecule has 1 saturated heterocycles. The van der Waals surface area contributed by atoms with E-state index in [1.165, 1.54) is 0 Å². The molecule has 1 unspecified atom stereocenters. The maximum absolute atomic E-state index is 11.4. The van der Waals surface area contributed by atoms with E-state index in [0.717, 1.165) is 19.5 Å². The van der Waals surface area contributed by atoms with Gasteiger partial charge in [-0.15, -0.1) is 24.8 Å². The molecule has 15 heavy (non-hydrogen) atoms. The molecule has 0 spiro atoms. The quantitative estimate of drug-likeness (QED) is 0.750. The summed E-state index contributed by atoms with van der Waals surface area (Å²) in [6.45, 7) is 1.80. The van der Waals surface area contributed by atoms with Gasteiger partial charge in [0.25, 0.3) is 0 Å². The zero-order valence-corrected chi connectivity index (χ0v) is 9.68. The second kappa shape index (κ2) is 5.95. The SMILES string of the molecule is Cl.Cl.Nc1ccn(C2CCNC2)c(=O)n1. The zero-order chi connectivity index (χ0) is 9.26. The zero-order valence-electron chi connectivity index (χ0n) is 8.05. The van der Waals surface area contributed by atoms with Crippen LogP contribution < -0.4 is 16.7 Å². The number of anilines is 1. The van der Waals surface area contributed by atoms with E-state index in [4.69, 9.17) is 5.73 Å². The molecular formula is C8H14Cl2N4O. The normalized spacial score (nSPS) is 19.1. The molecule has 2 rings (SSSR count). The van der Waals surface area contributed by atoms with Crippen LogP contribution in [-0.4, -0.2) is 22.6 Å². The van der Waals surface area contributed by atoms with E-state index < -0.39 is 0 Å². The Kier molecular flexibility index (Phi) is 5.64. The highest BCUT2D eigenvalue weighted by molar-refractivity contribution is 5.85. The lowest BCUT2D eigenvalue weighted by molar-refractivity contribution is 0.518. The third kappa shape index (κ3) is 3.09. The highest BCUT2D eigenvalue weighted by Gasteiger charge is 2.17. The summed E-state index contributed by atoms with van der Waals surface area (Å²) in [5.74, 6) is 0.284. The van der Waals surface area contributed by atoms with E-state index in [2.05, 4.69) is 10.3 Å². The minimum Gasteiger partial charge on any atom is -0.383 e. The van der Waals surface area contributed by atoms with E-state index in [0.29, 0.717) is 0 Å². The van der Waals surface area contributed by atoms with Crippen molar-refractivity contribution in [2.45, 2.75) is 12.5 Å². The van der Waals surface area contributed by atoms with E-state index in [9.17, 15) is 4.79 Å². The molecule has 1 aliphatic heterocycles.